The van der Waals surface area contributed by atoms with Gasteiger partial charge >= 0.3 is 5.82 Å². The molecular formula is C17H19N5O4. The number of pyridine rings is 2. The molecule has 3 rings (SSSR count). The smallest absolute Gasteiger partial charge is 0.363 e. The molecule has 1 saturated heterocycles. The van der Waals surface area contributed by atoms with Crippen LogP contribution in [0, 0.1) is 16.0 Å². The average molecular weight is 357 g/mol. The number of carbonyl (C=O) groups excluding carboxylic acids is 1. The summed E-state index contributed by atoms with van der Waals surface area (Å²) in [4.78, 5) is 32.2. The number of anilines is 1. The van der Waals surface area contributed by atoms with Crippen molar-refractivity contribution in [3.05, 3.63) is 46.8 Å². The number of carbonyl (C=O) groups is 1. The Kier molecular flexibility index (Phi) is 5.37. The van der Waals surface area contributed by atoms with Crippen LogP contribution in [0.5, 0.6) is 11.5 Å². The predicted molar refractivity (Wildman–Crippen MR) is 94.2 cm³/mol. The average Bonchev–Trinajstić information content (AvgIpc) is 2.68. The fraction of sp³-hybridized carbons (Fsp3) is 0.353. The Balaban J connectivity index is 1.70. The molecule has 26 heavy (non-hydrogen) atoms. The van der Waals surface area contributed by atoms with Crippen molar-refractivity contribution in [2.75, 3.05) is 25.0 Å². The summed E-state index contributed by atoms with van der Waals surface area (Å²) in [5.74, 6) is 1.09. The Hall–Kier alpha value is -3.07. The van der Waals surface area contributed by atoms with Crippen LogP contribution in [0.2, 0.25) is 0 Å². The van der Waals surface area contributed by atoms with Crippen LogP contribution < -0.4 is 15.0 Å². The molecule has 1 aliphatic rings. The Morgan fingerprint density at radius 2 is 2.04 bits per heavy atom. The van der Waals surface area contributed by atoms with E-state index < -0.39 is 4.92 Å². The van der Waals surface area contributed by atoms with Crippen molar-refractivity contribution in [2.45, 2.75) is 12.8 Å². The van der Waals surface area contributed by atoms with Crippen LogP contribution in [0.1, 0.15) is 12.8 Å². The van der Waals surface area contributed by atoms with Crippen LogP contribution in [0.15, 0.2) is 36.7 Å². The number of nitrogens with one attached hydrogen (secondary N) is 1. The lowest BCUT2D eigenvalue weighted by atomic mass is 9.97. The molecule has 0 unspecified atom stereocenters. The first-order valence-corrected chi connectivity index (χ1v) is 8.27. The molecule has 0 atom stereocenters. The van der Waals surface area contributed by atoms with Crippen LogP contribution in [0.3, 0.4) is 0 Å². The molecule has 0 spiro atoms. The standard InChI is InChI=1S/C17H19N5O4/c1-21(17(23)12-4-7-18-8-5-12)16-10-13(6-9-19-16)26-14-2-3-15(20-11-14)22(24)25/h2-3,6,9-12,18H,4-5,7-8H2,1H3. The Morgan fingerprint density at radius 3 is 2.69 bits per heavy atom. The maximum atomic E-state index is 12.6. The van der Waals surface area contributed by atoms with Crippen molar-refractivity contribution in [3.63, 3.8) is 0 Å². The van der Waals surface area contributed by atoms with Gasteiger partial charge in [-0.2, -0.15) is 0 Å². The van der Waals surface area contributed by atoms with Gasteiger partial charge in [0.2, 0.25) is 5.91 Å². The summed E-state index contributed by atoms with van der Waals surface area (Å²) >= 11 is 0. The molecule has 136 valence electrons. The summed E-state index contributed by atoms with van der Waals surface area (Å²) in [7, 11) is 1.70. The first kappa shape index (κ1) is 17.7. The normalized spacial score (nSPS) is 14.7. The van der Waals surface area contributed by atoms with E-state index >= 15 is 0 Å². The molecule has 0 saturated carbocycles. The van der Waals surface area contributed by atoms with Gasteiger partial charge in [0, 0.05) is 31.3 Å². The van der Waals surface area contributed by atoms with Crippen LogP contribution in [-0.2, 0) is 4.79 Å². The van der Waals surface area contributed by atoms with E-state index in [1.54, 1.807) is 25.4 Å². The monoisotopic (exact) mass is 357 g/mol. The lowest BCUT2D eigenvalue weighted by Gasteiger charge is -2.26. The van der Waals surface area contributed by atoms with E-state index in [1.165, 1.54) is 23.2 Å². The molecule has 0 aliphatic carbocycles. The van der Waals surface area contributed by atoms with Crippen LogP contribution >= 0.6 is 0 Å². The van der Waals surface area contributed by atoms with E-state index in [2.05, 4.69) is 15.3 Å². The van der Waals surface area contributed by atoms with Gasteiger partial charge in [0.15, 0.2) is 11.9 Å². The van der Waals surface area contributed by atoms with E-state index in [0.717, 1.165) is 25.9 Å². The second kappa shape index (κ2) is 7.87. The third-order valence-electron chi connectivity index (χ3n) is 4.22. The lowest BCUT2D eigenvalue weighted by molar-refractivity contribution is -0.389. The lowest BCUT2D eigenvalue weighted by Crippen LogP contribution is -2.39. The van der Waals surface area contributed by atoms with Gasteiger partial charge in [-0.05, 0) is 48.0 Å². The molecule has 1 N–H and O–H groups in total. The van der Waals surface area contributed by atoms with Crippen molar-refractivity contribution in [2.24, 2.45) is 5.92 Å². The zero-order valence-electron chi connectivity index (χ0n) is 14.3. The fourth-order valence-electron chi connectivity index (χ4n) is 2.78. The molecule has 2 aromatic rings. The second-order valence-corrected chi connectivity index (χ2v) is 5.98. The molecular weight excluding hydrogens is 338 g/mol. The maximum Gasteiger partial charge on any atom is 0.363 e. The molecule has 1 amide bonds. The Bertz CT molecular complexity index is 790. The van der Waals surface area contributed by atoms with Crippen molar-refractivity contribution in [1.82, 2.24) is 15.3 Å². The minimum atomic E-state index is -0.574. The molecule has 3 heterocycles. The highest BCUT2D eigenvalue weighted by atomic mass is 16.6. The van der Waals surface area contributed by atoms with Crippen LogP contribution in [0.25, 0.3) is 0 Å². The molecule has 9 nitrogen and oxygen atoms in total. The Labute approximate surface area is 150 Å². The number of hydrogen-bond acceptors (Lipinski definition) is 7. The minimum Gasteiger partial charge on any atom is -0.453 e. The summed E-state index contributed by atoms with van der Waals surface area (Å²) in [6, 6.07) is 6.04. The Morgan fingerprint density at radius 1 is 1.27 bits per heavy atom. The number of nitrogens with zero attached hydrogens (tertiary/aromatic N) is 4. The molecule has 0 radical (unpaired) electrons. The SMILES string of the molecule is CN(C(=O)C1CCNCC1)c1cc(Oc2ccc([N+](=O)[O-])nc2)ccn1. The quantitative estimate of drug-likeness (QED) is 0.644. The highest BCUT2D eigenvalue weighted by molar-refractivity contribution is 5.93. The molecule has 9 heteroatoms. The molecule has 1 fully saturated rings. The first-order valence-electron chi connectivity index (χ1n) is 8.27. The van der Waals surface area contributed by atoms with Crippen molar-refractivity contribution in [1.29, 1.82) is 0 Å². The number of nitro groups is 1. The zero-order chi connectivity index (χ0) is 18.5. The van der Waals surface area contributed by atoms with Gasteiger partial charge in [0.05, 0.1) is 0 Å². The number of ether oxygens (including phenoxy) is 1. The van der Waals surface area contributed by atoms with E-state index in [-0.39, 0.29) is 17.6 Å². The number of hydrogen-bond donors (Lipinski definition) is 1. The van der Waals surface area contributed by atoms with E-state index in [0.29, 0.717) is 17.3 Å². The summed E-state index contributed by atoms with van der Waals surface area (Å²) in [6.45, 7) is 1.68. The first-order chi connectivity index (χ1) is 12.5. The van der Waals surface area contributed by atoms with Crippen LogP contribution in [-0.4, -0.2) is 40.9 Å². The highest BCUT2D eigenvalue weighted by Crippen LogP contribution is 2.26. The third-order valence-corrected chi connectivity index (χ3v) is 4.22. The molecule has 0 bridgehead atoms. The number of aromatic nitrogens is 2. The van der Waals surface area contributed by atoms with Gasteiger partial charge < -0.3 is 20.2 Å². The van der Waals surface area contributed by atoms with Crippen LogP contribution in [0.4, 0.5) is 11.6 Å². The third kappa shape index (κ3) is 4.12. The van der Waals surface area contributed by atoms with Crippen molar-refractivity contribution >= 4 is 17.5 Å². The second-order valence-electron chi connectivity index (χ2n) is 5.98. The van der Waals surface area contributed by atoms with E-state index in [4.69, 9.17) is 4.74 Å². The zero-order valence-corrected chi connectivity index (χ0v) is 14.3. The highest BCUT2D eigenvalue weighted by Gasteiger charge is 2.25. The molecule has 1 aliphatic heterocycles. The topological polar surface area (TPSA) is 110 Å². The van der Waals surface area contributed by atoms with Gasteiger partial charge in [-0.25, -0.2) is 4.98 Å². The predicted octanol–water partition coefficient (Wildman–Crippen LogP) is 2.14. The van der Waals surface area contributed by atoms with E-state index in [9.17, 15) is 14.9 Å². The number of rotatable bonds is 5. The van der Waals surface area contributed by atoms with Gasteiger partial charge in [0.25, 0.3) is 0 Å². The number of piperidine rings is 1. The largest absolute Gasteiger partial charge is 0.453 e. The van der Waals surface area contributed by atoms with Crippen molar-refractivity contribution < 1.29 is 14.5 Å². The minimum absolute atomic E-state index is 0.00787. The maximum absolute atomic E-state index is 12.6. The van der Waals surface area contributed by atoms with Crippen molar-refractivity contribution in [3.8, 4) is 11.5 Å². The molecule has 0 aromatic carbocycles. The van der Waals surface area contributed by atoms with Gasteiger partial charge in [-0.15, -0.1) is 0 Å². The summed E-state index contributed by atoms with van der Waals surface area (Å²) < 4.78 is 5.66. The van der Waals surface area contributed by atoms with Gasteiger partial charge in [-0.1, -0.05) is 0 Å². The summed E-state index contributed by atoms with van der Waals surface area (Å²) in [5, 5.41) is 13.9. The fourth-order valence-corrected chi connectivity index (χ4v) is 2.78. The summed E-state index contributed by atoms with van der Waals surface area (Å²) in [6.07, 6.45) is 4.46. The van der Waals surface area contributed by atoms with E-state index in [1.807, 2.05) is 0 Å². The van der Waals surface area contributed by atoms with Gasteiger partial charge in [0.1, 0.15) is 11.6 Å². The van der Waals surface area contributed by atoms with Gasteiger partial charge in [-0.3, -0.25) is 9.69 Å². The summed E-state index contributed by atoms with van der Waals surface area (Å²) in [5.41, 5.74) is 0. The molecule has 2 aromatic heterocycles. The number of amides is 1.